The maximum absolute atomic E-state index is 14.6. The molecule has 10 heteroatoms. The van der Waals surface area contributed by atoms with Crippen LogP contribution in [-0.2, 0) is 33.4 Å². The SMILES string of the molecule is C=C1C(=O)O[C@]23C4=C5C(=O)[C@H](O)[C@@]6(C)[C@@H]7C[C@@H]7C(=C[C@H]2[C@@]2(C)[C@@H]7C[C@@H]7[C@@](O)(COC(=O)/C(C)=C/C)[C@@H]2C[C@]13[C@@]5(C)C(=O)OC)[C@@]46O. The van der Waals surface area contributed by atoms with Crippen LogP contribution in [0.4, 0.5) is 0 Å². The topological polar surface area (TPSA) is 157 Å². The predicted molar refractivity (Wildman–Crippen MR) is 158 cm³/mol. The average Bonchev–Trinajstić information content (AvgIpc) is 3.94. The van der Waals surface area contributed by atoms with Gasteiger partial charge in [0.1, 0.15) is 29.3 Å². The van der Waals surface area contributed by atoms with Crippen molar-refractivity contribution >= 4 is 23.7 Å². The first kappa shape index (κ1) is 29.1. The van der Waals surface area contributed by atoms with E-state index in [2.05, 4.69) is 13.5 Å². The van der Waals surface area contributed by atoms with Crippen molar-refractivity contribution in [1.29, 1.82) is 0 Å². The maximum atomic E-state index is 14.6. The number of allylic oxidation sites excluding steroid dienone is 1. The van der Waals surface area contributed by atoms with E-state index in [0.717, 1.165) is 0 Å². The van der Waals surface area contributed by atoms with Gasteiger partial charge in [0.15, 0.2) is 11.4 Å². The molecule has 3 N–H and O–H groups in total. The quantitative estimate of drug-likeness (QED) is 0.182. The van der Waals surface area contributed by atoms with Crippen LogP contribution in [-0.4, -0.2) is 75.6 Å². The van der Waals surface area contributed by atoms with Crippen molar-refractivity contribution in [3.63, 3.8) is 0 Å². The Kier molecular flexibility index (Phi) is 4.82. The number of aliphatic hydroxyl groups is 3. The molecule has 0 bridgehead atoms. The Bertz CT molecular complexity index is 1770. The van der Waals surface area contributed by atoms with Gasteiger partial charge in [-0.3, -0.25) is 9.59 Å². The molecule has 9 rings (SSSR count). The number of carbonyl (C=O) groups is 4. The molecule has 0 aromatic carbocycles. The summed E-state index contributed by atoms with van der Waals surface area (Å²) in [5, 5.41) is 37.7. The second-order valence-electron chi connectivity index (χ2n) is 16.3. The van der Waals surface area contributed by atoms with Gasteiger partial charge in [0, 0.05) is 33.6 Å². The predicted octanol–water partition coefficient (Wildman–Crippen LogP) is 2.12. The monoisotopic (exact) mass is 632 g/mol. The largest absolute Gasteiger partial charge is 0.468 e. The normalized spacial score (nSPS) is 55.9. The summed E-state index contributed by atoms with van der Waals surface area (Å²) in [4.78, 5) is 55.8. The highest BCUT2D eigenvalue weighted by atomic mass is 16.6. The van der Waals surface area contributed by atoms with Crippen LogP contribution < -0.4 is 0 Å². The molecule has 0 aromatic heterocycles. The molecule has 5 saturated carbocycles. The number of Topliss-reactive ketones (excluding diaryl/α,β-unsaturated/α-hetero) is 1. The fourth-order valence-corrected chi connectivity index (χ4v) is 13.2. The van der Waals surface area contributed by atoms with Crippen LogP contribution in [0.1, 0.15) is 53.9 Å². The van der Waals surface area contributed by atoms with Crippen molar-refractivity contribution in [2.24, 2.45) is 57.2 Å². The molecule has 244 valence electrons. The van der Waals surface area contributed by atoms with Crippen LogP contribution in [0.25, 0.3) is 0 Å². The third-order valence-electron chi connectivity index (χ3n) is 15.5. The van der Waals surface area contributed by atoms with Gasteiger partial charge >= 0.3 is 17.9 Å². The van der Waals surface area contributed by atoms with E-state index in [9.17, 15) is 34.5 Å². The van der Waals surface area contributed by atoms with Gasteiger partial charge in [0.05, 0.1) is 12.5 Å². The Morgan fingerprint density at radius 2 is 1.83 bits per heavy atom. The third kappa shape index (κ3) is 2.31. The van der Waals surface area contributed by atoms with Gasteiger partial charge in [-0.2, -0.15) is 0 Å². The summed E-state index contributed by atoms with van der Waals surface area (Å²) in [5.74, 6) is -4.57. The summed E-state index contributed by atoms with van der Waals surface area (Å²) in [6.07, 6.45) is 3.39. The summed E-state index contributed by atoms with van der Waals surface area (Å²) in [6, 6.07) is 0. The van der Waals surface area contributed by atoms with Gasteiger partial charge in [0.25, 0.3) is 0 Å². The van der Waals surface area contributed by atoms with E-state index in [1.54, 1.807) is 33.8 Å². The number of hydrogen-bond donors (Lipinski definition) is 3. The summed E-state index contributed by atoms with van der Waals surface area (Å²) >= 11 is 0. The van der Waals surface area contributed by atoms with Crippen LogP contribution in [0.5, 0.6) is 0 Å². The van der Waals surface area contributed by atoms with E-state index in [-0.39, 0.29) is 53.4 Å². The fourth-order valence-electron chi connectivity index (χ4n) is 13.2. The smallest absolute Gasteiger partial charge is 0.335 e. The minimum Gasteiger partial charge on any atom is -0.468 e. The second kappa shape index (κ2) is 7.63. The van der Waals surface area contributed by atoms with E-state index in [4.69, 9.17) is 14.2 Å². The Labute approximate surface area is 266 Å². The molecular formula is C36H40O10. The number of carbonyl (C=O) groups excluding carboxylic acids is 4. The van der Waals surface area contributed by atoms with Crippen molar-refractivity contribution < 1.29 is 48.7 Å². The summed E-state index contributed by atoms with van der Waals surface area (Å²) < 4.78 is 17.8. The van der Waals surface area contributed by atoms with Crippen molar-refractivity contribution in [3.8, 4) is 0 Å². The van der Waals surface area contributed by atoms with Crippen molar-refractivity contribution in [3.05, 3.63) is 46.6 Å². The minimum absolute atomic E-state index is 0.0149. The molecule has 1 heterocycles. The molecule has 10 nitrogen and oxygen atoms in total. The lowest BCUT2D eigenvalue weighted by molar-refractivity contribution is -0.225. The van der Waals surface area contributed by atoms with Gasteiger partial charge in [-0.05, 0) is 80.6 Å². The lowest BCUT2D eigenvalue weighted by Gasteiger charge is -2.65. The Balaban J connectivity index is 1.36. The molecule has 0 amide bonds. The highest BCUT2D eigenvalue weighted by molar-refractivity contribution is 6.13. The van der Waals surface area contributed by atoms with E-state index in [0.29, 0.717) is 24.0 Å². The van der Waals surface area contributed by atoms with E-state index < -0.39 is 80.1 Å². The van der Waals surface area contributed by atoms with Crippen LogP contribution in [0.2, 0.25) is 0 Å². The Hall–Kier alpha value is -3.08. The molecule has 0 aromatic rings. The first-order chi connectivity index (χ1) is 21.5. The lowest BCUT2D eigenvalue weighted by atomic mass is 9.38. The van der Waals surface area contributed by atoms with Crippen LogP contribution >= 0.6 is 0 Å². The molecule has 1 aliphatic heterocycles. The molecule has 8 aliphatic carbocycles. The number of fused-ring (bicyclic) bond motifs is 7. The fraction of sp³-hybridized carbons (Fsp3) is 0.667. The summed E-state index contributed by atoms with van der Waals surface area (Å²) in [5.41, 5.74) is -9.43. The molecule has 0 radical (unpaired) electrons. The highest BCUT2D eigenvalue weighted by Gasteiger charge is 2.95. The molecule has 0 unspecified atom stereocenters. The van der Waals surface area contributed by atoms with Gasteiger partial charge < -0.3 is 29.5 Å². The van der Waals surface area contributed by atoms with Gasteiger partial charge in [0.2, 0.25) is 0 Å². The Morgan fingerprint density at radius 1 is 1.13 bits per heavy atom. The van der Waals surface area contributed by atoms with E-state index in [1.807, 2.05) is 6.08 Å². The van der Waals surface area contributed by atoms with Crippen molar-refractivity contribution in [2.75, 3.05) is 13.7 Å². The Morgan fingerprint density at radius 3 is 2.48 bits per heavy atom. The number of ketones is 1. The maximum Gasteiger partial charge on any atom is 0.335 e. The number of hydrogen-bond acceptors (Lipinski definition) is 10. The number of aliphatic hydroxyl groups excluding tert-OH is 1. The zero-order valence-electron chi connectivity index (χ0n) is 26.9. The van der Waals surface area contributed by atoms with Crippen LogP contribution in [0.15, 0.2) is 46.6 Å². The number of methoxy groups -OCH3 is 1. The minimum atomic E-state index is -1.91. The van der Waals surface area contributed by atoms with Gasteiger partial charge in [-0.1, -0.05) is 32.6 Å². The second-order valence-corrected chi connectivity index (χ2v) is 16.3. The first-order valence-corrected chi connectivity index (χ1v) is 16.4. The van der Waals surface area contributed by atoms with E-state index >= 15 is 0 Å². The van der Waals surface area contributed by atoms with Crippen molar-refractivity contribution in [2.45, 2.75) is 76.8 Å². The van der Waals surface area contributed by atoms with Gasteiger partial charge in [-0.25, -0.2) is 9.59 Å². The molecular weight excluding hydrogens is 592 g/mol. The standard InChI is InChI=1S/C36H40O10/c1-8-14(2)27(39)45-13-33(42)20-10-19(20)30(4)21-11-18-16-9-17(16)31(5)26(38)24(37)23-25(35(18,31)43)36(21)34(12-22(30)33,15(3)28(40)46-36)32(23,6)29(41)44-7/h8,11,16-17,19-22,26,38,42-43H,3,9-10,12-13H2,1-2,4-7H3/b14-8+/t16-,17+,19+,20-,21-,22+,26-,30+,31+,32+,33-,34+,35+,36-/m0/s1. The molecule has 1 saturated heterocycles. The third-order valence-corrected chi connectivity index (χ3v) is 15.5. The summed E-state index contributed by atoms with van der Waals surface area (Å²) in [6.45, 7) is 12.7. The highest BCUT2D eigenvalue weighted by Crippen LogP contribution is 2.90. The number of ether oxygens (including phenoxy) is 3. The molecule has 9 aliphatic rings. The summed E-state index contributed by atoms with van der Waals surface area (Å²) in [7, 11) is 1.20. The number of rotatable bonds is 4. The van der Waals surface area contributed by atoms with Gasteiger partial charge in [-0.15, -0.1) is 0 Å². The molecule has 46 heavy (non-hydrogen) atoms. The molecule has 14 atom stereocenters. The van der Waals surface area contributed by atoms with E-state index in [1.165, 1.54) is 7.11 Å². The zero-order valence-corrected chi connectivity index (χ0v) is 26.9. The van der Waals surface area contributed by atoms with Crippen LogP contribution in [0.3, 0.4) is 0 Å². The molecule has 1 spiro atoms. The number of esters is 3. The van der Waals surface area contributed by atoms with Crippen molar-refractivity contribution in [1.82, 2.24) is 0 Å². The average molecular weight is 633 g/mol. The zero-order chi connectivity index (χ0) is 33.1. The first-order valence-electron chi connectivity index (χ1n) is 16.4. The van der Waals surface area contributed by atoms with Crippen LogP contribution in [0, 0.1) is 57.2 Å². The lowest BCUT2D eigenvalue weighted by Crippen LogP contribution is -2.72. The molecule has 6 fully saturated rings.